The summed E-state index contributed by atoms with van der Waals surface area (Å²) in [5.74, 6) is 0.688. The Morgan fingerprint density at radius 1 is 0.639 bits per heavy atom. The minimum Gasteiger partial charge on any atom is -0.465 e. The number of hydrogen-bond donors (Lipinski definition) is 2. The van der Waals surface area contributed by atoms with Crippen LogP contribution in [0.2, 0.25) is 0 Å². The Kier molecular flexibility index (Phi) is 10.5. The number of nitrogens with one attached hydrogen (secondary N) is 2. The number of ether oxygens (including phenoxy) is 2. The van der Waals surface area contributed by atoms with Crippen LogP contribution < -0.4 is 10.6 Å². The van der Waals surface area contributed by atoms with Crippen LogP contribution in [0.25, 0.3) is 0 Å². The first-order valence-electron chi connectivity index (χ1n) is 14.4. The molecule has 6 heteroatoms. The Morgan fingerprint density at radius 3 is 1.28 bits per heavy atom. The van der Waals surface area contributed by atoms with Crippen LogP contribution in [0.5, 0.6) is 0 Å². The fourth-order valence-electron chi connectivity index (χ4n) is 6.38. The van der Waals surface area contributed by atoms with Crippen LogP contribution >= 0.6 is 0 Å². The van der Waals surface area contributed by atoms with Crippen molar-refractivity contribution in [3.05, 3.63) is 0 Å². The molecule has 0 aromatic heterocycles. The SMILES string of the molecule is CC(C)C1(C)CC(C(=O)OCCCCCCOC(=O)C2CC(C)(C)NC(C)(C(C)C)C2)CC(C)(C)N1. The van der Waals surface area contributed by atoms with E-state index in [0.717, 1.165) is 51.4 Å². The third-order valence-electron chi connectivity index (χ3n) is 8.84. The zero-order chi connectivity index (χ0) is 27.4. The van der Waals surface area contributed by atoms with Gasteiger partial charge < -0.3 is 20.1 Å². The molecule has 2 rings (SSSR count). The molecular formula is C30H56N2O4. The molecule has 6 nitrogen and oxygen atoms in total. The molecule has 210 valence electrons. The molecular weight excluding hydrogens is 452 g/mol. The summed E-state index contributed by atoms with van der Waals surface area (Å²) in [6.45, 7) is 22.9. The summed E-state index contributed by atoms with van der Waals surface area (Å²) in [6.07, 6.45) is 6.91. The minimum absolute atomic E-state index is 0.0504. The van der Waals surface area contributed by atoms with Gasteiger partial charge in [-0.15, -0.1) is 0 Å². The zero-order valence-corrected chi connectivity index (χ0v) is 25.0. The van der Waals surface area contributed by atoms with Crippen molar-refractivity contribution >= 4 is 11.9 Å². The van der Waals surface area contributed by atoms with Crippen molar-refractivity contribution in [3.63, 3.8) is 0 Å². The van der Waals surface area contributed by atoms with Crippen molar-refractivity contribution in [2.75, 3.05) is 13.2 Å². The molecule has 0 aromatic carbocycles. The fraction of sp³-hybridized carbons (Fsp3) is 0.933. The Labute approximate surface area is 221 Å². The molecule has 36 heavy (non-hydrogen) atoms. The number of hydrogen-bond acceptors (Lipinski definition) is 6. The second-order valence-corrected chi connectivity index (χ2v) is 14.1. The number of rotatable bonds is 11. The highest BCUT2D eigenvalue weighted by molar-refractivity contribution is 5.73. The fourth-order valence-corrected chi connectivity index (χ4v) is 6.38. The van der Waals surface area contributed by atoms with Gasteiger partial charge in [0, 0.05) is 22.2 Å². The van der Waals surface area contributed by atoms with E-state index in [4.69, 9.17) is 9.47 Å². The van der Waals surface area contributed by atoms with Gasteiger partial charge in [-0.3, -0.25) is 9.59 Å². The first-order chi connectivity index (χ1) is 16.5. The van der Waals surface area contributed by atoms with Gasteiger partial charge in [-0.25, -0.2) is 0 Å². The van der Waals surface area contributed by atoms with Crippen LogP contribution in [0, 0.1) is 23.7 Å². The predicted molar refractivity (Wildman–Crippen MR) is 147 cm³/mol. The van der Waals surface area contributed by atoms with Gasteiger partial charge in [0.1, 0.15) is 0 Å². The van der Waals surface area contributed by atoms with Crippen molar-refractivity contribution in [1.82, 2.24) is 10.6 Å². The van der Waals surface area contributed by atoms with Crippen LogP contribution in [-0.4, -0.2) is 47.3 Å². The lowest BCUT2D eigenvalue weighted by molar-refractivity contribution is -0.153. The molecule has 0 saturated carbocycles. The second-order valence-electron chi connectivity index (χ2n) is 14.1. The highest BCUT2D eigenvalue weighted by Crippen LogP contribution is 2.39. The number of esters is 2. The zero-order valence-electron chi connectivity index (χ0n) is 25.0. The smallest absolute Gasteiger partial charge is 0.309 e. The molecule has 4 unspecified atom stereocenters. The molecule has 0 aliphatic carbocycles. The van der Waals surface area contributed by atoms with Gasteiger partial charge in [0.05, 0.1) is 25.0 Å². The summed E-state index contributed by atoms with van der Waals surface area (Å²) >= 11 is 0. The van der Waals surface area contributed by atoms with Crippen molar-refractivity contribution in [1.29, 1.82) is 0 Å². The van der Waals surface area contributed by atoms with E-state index >= 15 is 0 Å². The second kappa shape index (κ2) is 12.1. The van der Waals surface area contributed by atoms with E-state index in [1.807, 2.05) is 0 Å². The topological polar surface area (TPSA) is 76.7 Å². The van der Waals surface area contributed by atoms with Crippen LogP contribution in [-0.2, 0) is 19.1 Å². The lowest BCUT2D eigenvalue weighted by Crippen LogP contribution is -2.62. The Hall–Kier alpha value is -1.14. The predicted octanol–water partition coefficient (Wildman–Crippen LogP) is 6.02. The van der Waals surface area contributed by atoms with Gasteiger partial charge >= 0.3 is 11.9 Å². The van der Waals surface area contributed by atoms with Crippen molar-refractivity contribution in [3.8, 4) is 0 Å². The van der Waals surface area contributed by atoms with Crippen molar-refractivity contribution < 1.29 is 19.1 Å². The van der Waals surface area contributed by atoms with Crippen LogP contribution in [0.15, 0.2) is 0 Å². The Balaban J connectivity index is 1.64. The number of carbonyl (C=O) groups excluding carboxylic acids is 2. The van der Waals surface area contributed by atoms with Gasteiger partial charge in [0.25, 0.3) is 0 Å². The lowest BCUT2D eigenvalue weighted by Gasteiger charge is -2.49. The van der Waals surface area contributed by atoms with Crippen LogP contribution in [0.1, 0.15) is 121 Å². The van der Waals surface area contributed by atoms with Gasteiger partial charge in [0.15, 0.2) is 0 Å². The quantitative estimate of drug-likeness (QED) is 0.263. The monoisotopic (exact) mass is 508 g/mol. The third kappa shape index (κ3) is 8.72. The maximum atomic E-state index is 12.8. The molecule has 0 amide bonds. The maximum absolute atomic E-state index is 12.8. The lowest BCUT2D eigenvalue weighted by atomic mass is 9.70. The number of piperidine rings is 2. The average molecular weight is 509 g/mol. The first-order valence-corrected chi connectivity index (χ1v) is 14.4. The molecule has 2 heterocycles. The van der Waals surface area contributed by atoms with Gasteiger partial charge in [-0.05, 0) is 105 Å². The minimum atomic E-state index is -0.0737. The standard InChI is InChI=1S/C30H56N2O4/c1-21(2)29(9)19-23(17-27(5,6)31-29)25(33)35-15-13-11-12-14-16-36-26(34)24-18-28(7,8)32-30(10,20-24)22(3)4/h21-24,31-32H,11-20H2,1-10H3. The highest BCUT2D eigenvalue weighted by Gasteiger charge is 2.46. The van der Waals surface area contributed by atoms with E-state index < -0.39 is 0 Å². The Morgan fingerprint density at radius 2 is 0.972 bits per heavy atom. The molecule has 2 aliphatic rings. The molecule has 2 fully saturated rings. The molecule has 0 spiro atoms. The van der Waals surface area contributed by atoms with Crippen molar-refractivity contribution in [2.45, 2.75) is 143 Å². The molecule has 0 bridgehead atoms. The molecule has 0 aromatic rings. The molecule has 4 atom stereocenters. The van der Waals surface area contributed by atoms with E-state index in [2.05, 4.69) is 79.9 Å². The largest absolute Gasteiger partial charge is 0.465 e. The van der Waals surface area contributed by atoms with Gasteiger partial charge in [-0.1, -0.05) is 27.7 Å². The third-order valence-corrected chi connectivity index (χ3v) is 8.84. The van der Waals surface area contributed by atoms with Crippen LogP contribution in [0.3, 0.4) is 0 Å². The normalized spacial score (nSPS) is 31.9. The summed E-state index contributed by atoms with van der Waals surface area (Å²) in [4.78, 5) is 25.6. The van der Waals surface area contributed by atoms with E-state index in [0.29, 0.717) is 25.0 Å². The van der Waals surface area contributed by atoms with Gasteiger partial charge in [0.2, 0.25) is 0 Å². The average Bonchev–Trinajstić information content (AvgIpc) is 2.72. The molecule has 2 saturated heterocycles. The van der Waals surface area contributed by atoms with E-state index in [1.165, 1.54) is 0 Å². The van der Waals surface area contributed by atoms with Crippen molar-refractivity contribution in [2.24, 2.45) is 23.7 Å². The summed E-state index contributed by atoms with van der Waals surface area (Å²) in [5, 5.41) is 7.49. The molecule has 2 N–H and O–H groups in total. The summed E-state index contributed by atoms with van der Waals surface area (Å²) in [7, 11) is 0. The summed E-state index contributed by atoms with van der Waals surface area (Å²) < 4.78 is 11.3. The first kappa shape index (κ1) is 31.1. The van der Waals surface area contributed by atoms with E-state index in [9.17, 15) is 9.59 Å². The van der Waals surface area contributed by atoms with Gasteiger partial charge in [-0.2, -0.15) is 0 Å². The summed E-state index contributed by atoms with van der Waals surface area (Å²) in [5.41, 5.74) is -0.258. The Bertz CT molecular complexity index is 685. The molecule has 2 aliphatic heterocycles. The highest BCUT2D eigenvalue weighted by atomic mass is 16.5. The van der Waals surface area contributed by atoms with Crippen LogP contribution in [0.4, 0.5) is 0 Å². The molecule has 0 radical (unpaired) electrons. The maximum Gasteiger partial charge on any atom is 0.309 e. The van der Waals surface area contributed by atoms with E-state index in [-0.39, 0.29) is 45.9 Å². The number of carbonyl (C=O) groups is 2. The number of unbranched alkanes of at least 4 members (excludes halogenated alkanes) is 3. The van der Waals surface area contributed by atoms with E-state index in [1.54, 1.807) is 0 Å². The summed E-state index contributed by atoms with van der Waals surface area (Å²) in [6, 6.07) is 0.